The first-order valence-corrected chi connectivity index (χ1v) is 13.3. The number of rotatable bonds is 12. The molecule has 0 saturated carbocycles. The summed E-state index contributed by atoms with van der Waals surface area (Å²) in [4.78, 5) is 24.9. The molecule has 0 amide bonds. The maximum atomic E-state index is 13.1. The van der Waals surface area contributed by atoms with Crippen LogP contribution in [0, 0.1) is 0 Å². The lowest BCUT2D eigenvalue weighted by molar-refractivity contribution is -0.175. The molecule has 2 aromatic heterocycles. The van der Waals surface area contributed by atoms with Crippen molar-refractivity contribution >= 4 is 11.9 Å². The maximum Gasteiger partial charge on any atom is 0.419 e. The summed E-state index contributed by atoms with van der Waals surface area (Å²) >= 11 is 0. The lowest BCUT2D eigenvalue weighted by atomic mass is 10.1. The summed E-state index contributed by atoms with van der Waals surface area (Å²) in [7, 11) is 0. The van der Waals surface area contributed by atoms with Gasteiger partial charge in [0.1, 0.15) is 23.7 Å². The van der Waals surface area contributed by atoms with Gasteiger partial charge in [-0.15, -0.1) is 0 Å². The molecule has 4 rings (SSSR count). The van der Waals surface area contributed by atoms with E-state index < -0.39 is 60.1 Å². The van der Waals surface area contributed by atoms with Crippen molar-refractivity contribution in [2.24, 2.45) is 11.5 Å². The Morgan fingerprint density at radius 3 is 1.37 bits per heavy atom. The number of nitrogens with two attached hydrogens (primary N) is 2. The first-order valence-electron chi connectivity index (χ1n) is 13.3. The van der Waals surface area contributed by atoms with E-state index in [0.29, 0.717) is 11.1 Å². The van der Waals surface area contributed by atoms with E-state index in [1.807, 2.05) is 0 Å². The lowest BCUT2D eigenvalue weighted by Gasteiger charge is -2.23. The molecular formula is C30H26F6N2O8. The quantitative estimate of drug-likeness (QED) is 0.0772. The van der Waals surface area contributed by atoms with E-state index >= 15 is 0 Å². The van der Waals surface area contributed by atoms with Crippen LogP contribution in [0.5, 0.6) is 11.5 Å². The first-order chi connectivity index (χ1) is 21.7. The van der Waals surface area contributed by atoms with Crippen LogP contribution in [0.15, 0.2) is 94.6 Å². The molecule has 2 aromatic carbocycles. The average molecular weight is 657 g/mol. The van der Waals surface area contributed by atoms with Crippen LogP contribution in [-0.4, -0.2) is 24.4 Å². The second-order valence-electron chi connectivity index (χ2n) is 9.74. The molecule has 0 spiro atoms. The molecule has 0 bridgehead atoms. The number of carbonyl (C=O) groups is 2. The van der Waals surface area contributed by atoms with Gasteiger partial charge in [-0.25, -0.2) is 9.59 Å². The second kappa shape index (κ2) is 14.4. The minimum Gasteiger partial charge on any atom is -0.485 e. The molecule has 0 aliphatic carbocycles. The molecule has 246 valence electrons. The Balaban J connectivity index is 1.36. The van der Waals surface area contributed by atoms with E-state index in [1.54, 1.807) is 0 Å². The number of furan rings is 2. The van der Waals surface area contributed by atoms with Crippen molar-refractivity contribution in [2.45, 2.75) is 49.9 Å². The molecule has 2 heterocycles. The molecule has 4 unspecified atom stereocenters. The Bertz CT molecular complexity index is 1460. The van der Waals surface area contributed by atoms with Gasteiger partial charge in [-0.05, 0) is 48.5 Å². The second-order valence-corrected chi connectivity index (χ2v) is 9.74. The van der Waals surface area contributed by atoms with E-state index in [2.05, 4.69) is 0 Å². The van der Waals surface area contributed by atoms with Crippen molar-refractivity contribution in [2.75, 3.05) is 0 Å². The van der Waals surface area contributed by atoms with Gasteiger partial charge in [0.05, 0.1) is 36.2 Å². The predicted molar refractivity (Wildman–Crippen MR) is 144 cm³/mol. The third-order valence-electron chi connectivity index (χ3n) is 6.29. The van der Waals surface area contributed by atoms with Crippen molar-refractivity contribution in [1.82, 2.24) is 0 Å². The third kappa shape index (κ3) is 9.52. The first kappa shape index (κ1) is 33.9. The van der Waals surface area contributed by atoms with E-state index in [0.717, 1.165) is 36.4 Å². The van der Waals surface area contributed by atoms with Crippen LogP contribution >= 0.6 is 0 Å². The summed E-state index contributed by atoms with van der Waals surface area (Å²) in [6, 6.07) is 11.0. The fraction of sp³-hybridized carbons (Fsp3) is 0.267. The van der Waals surface area contributed by atoms with Crippen LogP contribution in [0.3, 0.4) is 0 Å². The summed E-state index contributed by atoms with van der Waals surface area (Å²) in [5, 5.41) is 0. The Morgan fingerprint density at radius 2 is 1.04 bits per heavy atom. The highest BCUT2D eigenvalue weighted by Gasteiger charge is 2.33. The van der Waals surface area contributed by atoms with Crippen LogP contribution in [0.1, 0.15) is 47.3 Å². The van der Waals surface area contributed by atoms with Crippen LogP contribution in [0.4, 0.5) is 26.3 Å². The highest BCUT2D eigenvalue weighted by molar-refractivity contribution is 6.29. The molecule has 4 atom stereocenters. The Hall–Kier alpha value is -4.96. The molecule has 10 nitrogen and oxygen atoms in total. The molecule has 0 aliphatic rings. The van der Waals surface area contributed by atoms with Crippen molar-refractivity contribution < 1.29 is 63.7 Å². The van der Waals surface area contributed by atoms with Gasteiger partial charge >= 0.3 is 24.3 Å². The third-order valence-corrected chi connectivity index (χ3v) is 6.29. The number of hydrogen-bond acceptors (Lipinski definition) is 10. The summed E-state index contributed by atoms with van der Waals surface area (Å²) < 4.78 is 110. The highest BCUT2D eigenvalue weighted by atomic mass is 19.4. The zero-order valence-corrected chi connectivity index (χ0v) is 23.5. The molecule has 4 aromatic rings. The van der Waals surface area contributed by atoms with Gasteiger partial charge in [0.25, 0.3) is 0 Å². The summed E-state index contributed by atoms with van der Waals surface area (Å²) in [6.07, 6.45) is -9.99. The molecule has 0 fully saturated rings. The van der Waals surface area contributed by atoms with Gasteiger partial charge in [0, 0.05) is 24.0 Å². The number of halogens is 6. The number of benzene rings is 2. The number of ether oxygens (including phenoxy) is 4. The number of alkyl halides is 6. The Morgan fingerprint density at radius 1 is 0.652 bits per heavy atom. The fourth-order valence-corrected chi connectivity index (χ4v) is 4.13. The van der Waals surface area contributed by atoms with Gasteiger partial charge in [0.15, 0.2) is 12.5 Å². The number of carbonyl (C=O) groups excluding carboxylic acids is 2. The van der Waals surface area contributed by atoms with Crippen LogP contribution < -0.4 is 20.9 Å². The Kier molecular flexibility index (Phi) is 10.6. The summed E-state index contributed by atoms with van der Waals surface area (Å²) in [5.41, 5.74) is 10.6. The van der Waals surface area contributed by atoms with Gasteiger partial charge in [-0.1, -0.05) is 12.1 Å². The standard InChI is InChI=1S/C30H26F6N2O8/c31-29(32,33)19-3-1-5-21(11-19)43-23(17-7-9-41-15-17)13-25(37)45-27(39)28(40)46-26(38)14-24(18-8-10-42-16-18)44-22-6-2-4-20(12-22)30(34,35)36/h1-12,15-16,23-26H,13-14,37-38H2. The van der Waals surface area contributed by atoms with Gasteiger partial charge in [-0.3, -0.25) is 11.5 Å². The number of esters is 2. The minimum atomic E-state index is -4.62. The average Bonchev–Trinajstić information content (AvgIpc) is 3.71. The molecule has 4 N–H and O–H groups in total. The molecule has 46 heavy (non-hydrogen) atoms. The molecule has 0 saturated heterocycles. The van der Waals surface area contributed by atoms with E-state index in [-0.39, 0.29) is 24.3 Å². The normalized spacial score (nSPS) is 14.5. The molecule has 0 aliphatic heterocycles. The van der Waals surface area contributed by atoms with Crippen molar-refractivity contribution in [3.05, 3.63) is 108 Å². The molecule has 16 heteroatoms. The van der Waals surface area contributed by atoms with Gasteiger partial charge in [0.2, 0.25) is 0 Å². The monoisotopic (exact) mass is 656 g/mol. The largest absolute Gasteiger partial charge is 0.485 e. The molecular weight excluding hydrogens is 630 g/mol. The maximum absolute atomic E-state index is 13.1. The summed E-state index contributed by atoms with van der Waals surface area (Å²) in [6.45, 7) is 0. The highest BCUT2D eigenvalue weighted by Crippen LogP contribution is 2.35. The van der Waals surface area contributed by atoms with E-state index in [1.165, 1.54) is 49.3 Å². The smallest absolute Gasteiger partial charge is 0.419 e. The minimum absolute atomic E-state index is 0.163. The molecule has 0 radical (unpaired) electrons. The van der Waals surface area contributed by atoms with Crippen molar-refractivity contribution in [3.63, 3.8) is 0 Å². The van der Waals surface area contributed by atoms with Crippen LogP contribution in [-0.2, 0) is 31.4 Å². The van der Waals surface area contributed by atoms with Gasteiger partial charge in [-0.2, -0.15) is 26.3 Å². The van der Waals surface area contributed by atoms with Crippen LogP contribution in [0.25, 0.3) is 0 Å². The number of hydrogen-bond donors (Lipinski definition) is 2. The van der Waals surface area contributed by atoms with Gasteiger partial charge < -0.3 is 27.8 Å². The van der Waals surface area contributed by atoms with Crippen LogP contribution in [0.2, 0.25) is 0 Å². The predicted octanol–water partition coefficient (Wildman–Crippen LogP) is 6.29. The van der Waals surface area contributed by atoms with E-state index in [4.69, 9.17) is 39.2 Å². The summed E-state index contributed by atoms with van der Waals surface area (Å²) in [5.74, 6) is -3.42. The topological polar surface area (TPSA) is 149 Å². The van der Waals surface area contributed by atoms with E-state index in [9.17, 15) is 35.9 Å². The lowest BCUT2D eigenvalue weighted by Crippen LogP contribution is -2.37. The SMILES string of the molecule is NC(CC(Oc1cccc(C(F)(F)F)c1)c1ccoc1)OC(=O)C(=O)OC(N)CC(Oc1cccc(C(F)(F)F)c1)c1ccoc1. The fourth-order valence-electron chi connectivity index (χ4n) is 4.13. The van der Waals surface area contributed by atoms with Crippen molar-refractivity contribution in [1.29, 1.82) is 0 Å². The zero-order chi connectivity index (χ0) is 33.5. The zero-order valence-electron chi connectivity index (χ0n) is 23.5. The Labute approximate surface area is 256 Å². The van der Waals surface area contributed by atoms with Crippen molar-refractivity contribution in [3.8, 4) is 11.5 Å².